The third-order valence-electron chi connectivity index (χ3n) is 1.84. The lowest BCUT2D eigenvalue weighted by Gasteiger charge is -2.13. The Morgan fingerprint density at radius 2 is 2.33 bits per heavy atom. The van der Waals surface area contributed by atoms with Crippen molar-refractivity contribution in [3.63, 3.8) is 0 Å². The Bertz CT molecular complexity index is 318. The van der Waals surface area contributed by atoms with E-state index in [-0.39, 0.29) is 12.6 Å². The zero-order chi connectivity index (χ0) is 11.3. The van der Waals surface area contributed by atoms with E-state index in [4.69, 9.17) is 15.6 Å². The first-order valence-corrected chi connectivity index (χ1v) is 4.94. The van der Waals surface area contributed by atoms with Gasteiger partial charge in [0.05, 0.1) is 18.9 Å². The van der Waals surface area contributed by atoms with Crippen LogP contribution in [0.3, 0.4) is 0 Å². The number of aliphatic hydroxyl groups is 1. The average Bonchev–Trinajstić information content (AvgIpc) is 2.23. The number of nitrogens with one attached hydrogen (secondary N) is 1. The van der Waals surface area contributed by atoms with Gasteiger partial charge in [0.25, 0.3) is 0 Å². The van der Waals surface area contributed by atoms with E-state index in [9.17, 15) is 0 Å². The average molecular weight is 211 g/mol. The maximum absolute atomic E-state index is 8.88. The Morgan fingerprint density at radius 1 is 1.60 bits per heavy atom. The van der Waals surface area contributed by atoms with Gasteiger partial charge in [0, 0.05) is 6.04 Å². The first-order valence-electron chi connectivity index (χ1n) is 4.94. The van der Waals surface area contributed by atoms with Gasteiger partial charge >= 0.3 is 0 Å². The van der Waals surface area contributed by atoms with E-state index in [1.165, 1.54) is 0 Å². The van der Waals surface area contributed by atoms with Crippen LogP contribution in [0, 0.1) is 0 Å². The van der Waals surface area contributed by atoms with Crippen LogP contribution in [0.2, 0.25) is 0 Å². The molecule has 4 N–H and O–H groups in total. The molecule has 1 unspecified atom stereocenters. The predicted octanol–water partition coefficient (Wildman–Crippen LogP) is 0.855. The molecule has 5 nitrogen and oxygen atoms in total. The summed E-state index contributed by atoms with van der Waals surface area (Å²) in [5, 5.41) is 11.9. The second kappa shape index (κ2) is 5.41. The molecule has 84 valence electrons. The monoisotopic (exact) mass is 211 g/mol. The van der Waals surface area contributed by atoms with Gasteiger partial charge in [0.2, 0.25) is 5.88 Å². The van der Waals surface area contributed by atoms with Crippen LogP contribution in [-0.2, 0) is 0 Å². The molecule has 0 aliphatic rings. The number of hydrogen-bond acceptors (Lipinski definition) is 5. The highest BCUT2D eigenvalue weighted by molar-refractivity contribution is 5.53. The van der Waals surface area contributed by atoms with Gasteiger partial charge in [0.15, 0.2) is 0 Å². The van der Waals surface area contributed by atoms with E-state index in [2.05, 4.69) is 10.3 Å². The first kappa shape index (κ1) is 11.6. The highest BCUT2D eigenvalue weighted by Crippen LogP contribution is 2.20. The summed E-state index contributed by atoms with van der Waals surface area (Å²) in [6.07, 6.45) is 0. The quantitative estimate of drug-likeness (QED) is 0.673. The Morgan fingerprint density at radius 3 is 2.93 bits per heavy atom. The predicted molar refractivity (Wildman–Crippen MR) is 60.0 cm³/mol. The van der Waals surface area contributed by atoms with Crippen LogP contribution in [0.25, 0.3) is 0 Å². The van der Waals surface area contributed by atoms with Crippen molar-refractivity contribution in [2.24, 2.45) is 0 Å². The lowest BCUT2D eigenvalue weighted by molar-refractivity contribution is 0.281. The number of nitrogens with two attached hydrogens (primary N) is 1. The smallest absolute Gasteiger partial charge is 0.239 e. The number of nitrogens with zero attached hydrogens (tertiary/aromatic N) is 1. The Labute approximate surface area is 89.3 Å². The van der Waals surface area contributed by atoms with Gasteiger partial charge in [-0.3, -0.25) is 0 Å². The van der Waals surface area contributed by atoms with E-state index in [0.29, 0.717) is 24.0 Å². The van der Waals surface area contributed by atoms with Crippen LogP contribution >= 0.6 is 0 Å². The summed E-state index contributed by atoms with van der Waals surface area (Å²) in [5.74, 6) is 1.07. The highest BCUT2D eigenvalue weighted by atomic mass is 16.5. The van der Waals surface area contributed by atoms with E-state index in [0.717, 1.165) is 0 Å². The Hall–Kier alpha value is -1.49. The van der Waals surface area contributed by atoms with Crippen LogP contribution in [0.15, 0.2) is 12.1 Å². The van der Waals surface area contributed by atoms with Gasteiger partial charge in [-0.2, -0.15) is 4.98 Å². The molecular weight excluding hydrogens is 194 g/mol. The second-order valence-electron chi connectivity index (χ2n) is 3.25. The minimum absolute atomic E-state index is 0.0457. The maximum Gasteiger partial charge on any atom is 0.239 e. The number of ether oxygens (including phenoxy) is 1. The molecular formula is C10H17N3O2. The van der Waals surface area contributed by atoms with Crippen molar-refractivity contribution in [2.45, 2.75) is 19.9 Å². The lowest BCUT2D eigenvalue weighted by Crippen LogP contribution is -2.20. The zero-order valence-corrected chi connectivity index (χ0v) is 9.03. The van der Waals surface area contributed by atoms with Crippen LogP contribution in [-0.4, -0.2) is 29.3 Å². The van der Waals surface area contributed by atoms with E-state index in [1.807, 2.05) is 13.8 Å². The van der Waals surface area contributed by atoms with Crippen LogP contribution in [0.4, 0.5) is 11.5 Å². The lowest BCUT2D eigenvalue weighted by atomic mass is 10.3. The maximum atomic E-state index is 8.88. The molecule has 1 aromatic rings. The summed E-state index contributed by atoms with van der Waals surface area (Å²) in [4.78, 5) is 4.18. The van der Waals surface area contributed by atoms with Crippen molar-refractivity contribution in [3.05, 3.63) is 12.1 Å². The second-order valence-corrected chi connectivity index (χ2v) is 3.25. The third-order valence-corrected chi connectivity index (χ3v) is 1.84. The molecule has 0 saturated carbocycles. The Balaban J connectivity index is 2.77. The standard InChI is InChI=1S/C10H17N3O2/c1-3-15-10-8(11)4-5-9(13-10)12-7(2)6-14/h4-5,7,14H,3,6,11H2,1-2H3,(H,12,13). The minimum Gasteiger partial charge on any atom is -0.476 e. The number of aromatic nitrogens is 1. The van der Waals surface area contributed by atoms with Crippen molar-refractivity contribution in [1.82, 2.24) is 4.98 Å². The summed E-state index contributed by atoms with van der Waals surface area (Å²) in [5.41, 5.74) is 6.19. The molecule has 0 radical (unpaired) electrons. The fourth-order valence-electron chi connectivity index (χ4n) is 1.08. The van der Waals surface area contributed by atoms with E-state index < -0.39 is 0 Å². The van der Waals surface area contributed by atoms with Crippen molar-refractivity contribution >= 4 is 11.5 Å². The molecule has 1 atom stereocenters. The normalized spacial score (nSPS) is 12.2. The van der Waals surface area contributed by atoms with E-state index in [1.54, 1.807) is 12.1 Å². The fourth-order valence-corrected chi connectivity index (χ4v) is 1.08. The molecule has 0 aromatic carbocycles. The van der Waals surface area contributed by atoms with Gasteiger partial charge in [-0.15, -0.1) is 0 Å². The largest absolute Gasteiger partial charge is 0.476 e. The molecule has 1 heterocycles. The number of nitrogen functional groups attached to an aromatic ring is 1. The molecule has 0 fully saturated rings. The molecule has 1 rings (SSSR count). The number of aliphatic hydroxyl groups excluding tert-OH is 1. The van der Waals surface area contributed by atoms with Crippen LogP contribution in [0.1, 0.15) is 13.8 Å². The topological polar surface area (TPSA) is 80.4 Å². The Kier molecular flexibility index (Phi) is 4.17. The van der Waals surface area contributed by atoms with Gasteiger partial charge in [-0.05, 0) is 26.0 Å². The molecule has 0 aliphatic heterocycles. The summed E-state index contributed by atoms with van der Waals surface area (Å²) in [6.45, 7) is 4.31. The van der Waals surface area contributed by atoms with Gasteiger partial charge in [-0.25, -0.2) is 0 Å². The van der Waals surface area contributed by atoms with Crippen LogP contribution < -0.4 is 15.8 Å². The number of hydrogen-bond donors (Lipinski definition) is 3. The van der Waals surface area contributed by atoms with Gasteiger partial charge < -0.3 is 20.9 Å². The number of pyridine rings is 1. The molecule has 15 heavy (non-hydrogen) atoms. The van der Waals surface area contributed by atoms with Crippen molar-refractivity contribution < 1.29 is 9.84 Å². The zero-order valence-electron chi connectivity index (χ0n) is 9.03. The molecule has 0 bridgehead atoms. The van der Waals surface area contributed by atoms with E-state index >= 15 is 0 Å². The third kappa shape index (κ3) is 3.28. The van der Waals surface area contributed by atoms with Crippen LogP contribution in [0.5, 0.6) is 5.88 Å². The molecule has 0 spiro atoms. The molecule has 0 amide bonds. The highest BCUT2D eigenvalue weighted by Gasteiger charge is 2.05. The molecule has 1 aromatic heterocycles. The van der Waals surface area contributed by atoms with Gasteiger partial charge in [-0.1, -0.05) is 0 Å². The molecule has 5 heteroatoms. The van der Waals surface area contributed by atoms with Crippen molar-refractivity contribution in [3.8, 4) is 5.88 Å². The number of rotatable bonds is 5. The van der Waals surface area contributed by atoms with Crippen molar-refractivity contribution in [1.29, 1.82) is 0 Å². The summed E-state index contributed by atoms with van der Waals surface area (Å²) >= 11 is 0. The summed E-state index contributed by atoms with van der Waals surface area (Å²) in [6, 6.07) is 3.43. The SMILES string of the molecule is CCOc1nc(NC(C)CO)ccc1N. The minimum atomic E-state index is -0.0457. The summed E-state index contributed by atoms with van der Waals surface area (Å²) in [7, 11) is 0. The van der Waals surface area contributed by atoms with Crippen molar-refractivity contribution in [2.75, 3.05) is 24.3 Å². The fraction of sp³-hybridized carbons (Fsp3) is 0.500. The number of anilines is 2. The summed E-state index contributed by atoms with van der Waals surface area (Å²) < 4.78 is 5.25. The van der Waals surface area contributed by atoms with Gasteiger partial charge in [0.1, 0.15) is 5.82 Å². The molecule has 0 aliphatic carbocycles. The molecule has 0 saturated heterocycles. The first-order chi connectivity index (χ1) is 7.17.